The van der Waals surface area contributed by atoms with E-state index in [1.807, 2.05) is 0 Å². The molecule has 5 nitrogen and oxygen atoms in total. The fraction of sp³-hybridized carbons (Fsp3) is 0.636. The highest BCUT2D eigenvalue weighted by atomic mass is 16.4. The predicted octanol–water partition coefficient (Wildman–Crippen LogP) is 1.24. The molecule has 16 heavy (non-hydrogen) atoms. The van der Waals surface area contributed by atoms with Crippen molar-refractivity contribution in [1.29, 1.82) is 0 Å². The molecule has 1 fully saturated rings. The summed E-state index contributed by atoms with van der Waals surface area (Å²) in [7, 11) is 0. The molecule has 0 aromatic carbocycles. The van der Waals surface area contributed by atoms with E-state index in [0.29, 0.717) is 12.1 Å². The van der Waals surface area contributed by atoms with Gasteiger partial charge in [-0.2, -0.15) is 5.10 Å². The molecule has 0 aliphatic carbocycles. The number of carboxylic acids is 1. The second-order valence-electron chi connectivity index (χ2n) is 4.55. The maximum atomic E-state index is 10.7. The Morgan fingerprint density at radius 2 is 2.38 bits per heavy atom. The van der Waals surface area contributed by atoms with E-state index in [1.54, 1.807) is 10.9 Å². The summed E-state index contributed by atoms with van der Waals surface area (Å²) in [4.78, 5) is 13.1. The minimum atomic E-state index is -0.912. The van der Waals surface area contributed by atoms with Gasteiger partial charge < -0.3 is 5.11 Å². The number of aromatic carboxylic acids is 1. The Hall–Kier alpha value is -1.36. The van der Waals surface area contributed by atoms with Gasteiger partial charge in [-0.15, -0.1) is 0 Å². The van der Waals surface area contributed by atoms with E-state index in [-0.39, 0.29) is 5.56 Å². The molecule has 2 heterocycles. The van der Waals surface area contributed by atoms with Crippen LogP contribution in [0.5, 0.6) is 0 Å². The zero-order chi connectivity index (χ0) is 11.7. The van der Waals surface area contributed by atoms with Gasteiger partial charge in [0.2, 0.25) is 0 Å². The van der Waals surface area contributed by atoms with Crippen LogP contribution in [0, 0.1) is 0 Å². The molecule has 0 radical (unpaired) electrons. The Morgan fingerprint density at radius 1 is 1.62 bits per heavy atom. The molecule has 0 bridgehead atoms. The number of likely N-dealkylation sites (tertiary alicyclic amines) is 1. The van der Waals surface area contributed by atoms with Crippen LogP contribution in [0.3, 0.4) is 0 Å². The van der Waals surface area contributed by atoms with Crippen LogP contribution in [-0.4, -0.2) is 44.9 Å². The van der Waals surface area contributed by atoms with Gasteiger partial charge in [0.25, 0.3) is 0 Å². The zero-order valence-electron chi connectivity index (χ0n) is 9.63. The highest BCUT2D eigenvalue weighted by Crippen LogP contribution is 2.22. The van der Waals surface area contributed by atoms with E-state index < -0.39 is 5.97 Å². The number of carbonyl (C=O) groups is 1. The van der Waals surface area contributed by atoms with Gasteiger partial charge in [0, 0.05) is 25.3 Å². The number of aromatic nitrogens is 2. The summed E-state index contributed by atoms with van der Waals surface area (Å²) in [6, 6.07) is 0.856. The first-order chi connectivity index (χ1) is 7.58. The molecule has 1 unspecified atom stereocenters. The fourth-order valence-electron chi connectivity index (χ4n) is 2.10. The summed E-state index contributed by atoms with van der Waals surface area (Å²) in [6.07, 6.45) is 4.08. The molecule has 2 rings (SSSR count). The molecule has 1 atom stereocenters. The van der Waals surface area contributed by atoms with E-state index in [0.717, 1.165) is 19.5 Å². The van der Waals surface area contributed by atoms with Gasteiger partial charge in [-0.05, 0) is 20.3 Å². The van der Waals surface area contributed by atoms with Crippen molar-refractivity contribution in [2.75, 3.05) is 13.1 Å². The smallest absolute Gasteiger partial charge is 0.338 e. The van der Waals surface area contributed by atoms with Crippen molar-refractivity contribution in [3.05, 3.63) is 18.0 Å². The third-order valence-corrected chi connectivity index (χ3v) is 3.15. The number of carboxylic acid groups (broad SMARTS) is 1. The number of rotatable bonds is 3. The molecular weight excluding hydrogens is 206 g/mol. The minimum absolute atomic E-state index is 0.267. The molecule has 1 aliphatic rings. The molecule has 1 N–H and O–H groups in total. The van der Waals surface area contributed by atoms with Crippen LogP contribution in [0.25, 0.3) is 0 Å². The predicted molar refractivity (Wildman–Crippen MR) is 59.5 cm³/mol. The lowest BCUT2D eigenvalue weighted by Crippen LogP contribution is -2.28. The highest BCUT2D eigenvalue weighted by molar-refractivity contribution is 5.86. The topological polar surface area (TPSA) is 58.4 Å². The third-order valence-electron chi connectivity index (χ3n) is 3.15. The lowest BCUT2D eigenvalue weighted by atomic mass is 10.3. The van der Waals surface area contributed by atoms with Gasteiger partial charge in [0.1, 0.15) is 0 Å². The first kappa shape index (κ1) is 11.1. The second-order valence-corrected chi connectivity index (χ2v) is 4.55. The third kappa shape index (κ3) is 2.09. The molecule has 1 aromatic rings. The van der Waals surface area contributed by atoms with E-state index in [9.17, 15) is 4.79 Å². The summed E-state index contributed by atoms with van der Waals surface area (Å²) < 4.78 is 1.78. The van der Waals surface area contributed by atoms with Crippen LogP contribution in [0.1, 0.15) is 36.7 Å². The van der Waals surface area contributed by atoms with Crippen molar-refractivity contribution in [1.82, 2.24) is 14.7 Å². The lowest BCUT2D eigenvalue weighted by molar-refractivity contribution is 0.0696. The van der Waals surface area contributed by atoms with Crippen molar-refractivity contribution < 1.29 is 9.90 Å². The van der Waals surface area contributed by atoms with Crippen LogP contribution in [0.2, 0.25) is 0 Å². The highest BCUT2D eigenvalue weighted by Gasteiger charge is 2.26. The summed E-state index contributed by atoms with van der Waals surface area (Å²) in [5, 5.41) is 12.9. The number of hydrogen-bond donors (Lipinski definition) is 1. The van der Waals surface area contributed by atoms with E-state index >= 15 is 0 Å². The summed E-state index contributed by atoms with van der Waals surface area (Å²) in [5.41, 5.74) is 0.267. The normalized spacial score (nSPS) is 21.8. The zero-order valence-corrected chi connectivity index (χ0v) is 9.63. The minimum Gasteiger partial charge on any atom is -0.478 e. The average Bonchev–Trinajstić information content (AvgIpc) is 2.86. The van der Waals surface area contributed by atoms with Gasteiger partial charge in [0.05, 0.1) is 17.8 Å². The lowest BCUT2D eigenvalue weighted by Gasteiger charge is -2.20. The molecule has 1 aromatic heterocycles. The van der Waals surface area contributed by atoms with Crippen LogP contribution in [0.15, 0.2) is 12.4 Å². The van der Waals surface area contributed by atoms with Crippen molar-refractivity contribution in [2.45, 2.75) is 32.4 Å². The fourth-order valence-corrected chi connectivity index (χ4v) is 2.10. The molecule has 0 saturated carbocycles. The largest absolute Gasteiger partial charge is 0.478 e. The summed E-state index contributed by atoms with van der Waals surface area (Å²) >= 11 is 0. The molecule has 5 heteroatoms. The quantitative estimate of drug-likeness (QED) is 0.837. The van der Waals surface area contributed by atoms with Crippen molar-refractivity contribution in [3.8, 4) is 0 Å². The van der Waals surface area contributed by atoms with Crippen LogP contribution in [0.4, 0.5) is 0 Å². The average molecular weight is 223 g/mol. The second kappa shape index (κ2) is 4.25. The van der Waals surface area contributed by atoms with Crippen molar-refractivity contribution in [2.24, 2.45) is 0 Å². The maximum absolute atomic E-state index is 10.7. The van der Waals surface area contributed by atoms with Gasteiger partial charge >= 0.3 is 5.97 Å². The summed E-state index contributed by atoms with van der Waals surface area (Å²) in [6.45, 7) is 6.37. The van der Waals surface area contributed by atoms with Gasteiger partial charge in [-0.1, -0.05) is 0 Å². The Labute approximate surface area is 94.7 Å². The molecule has 1 saturated heterocycles. The van der Waals surface area contributed by atoms with Gasteiger partial charge in [0.15, 0.2) is 0 Å². The Bertz CT molecular complexity index is 386. The van der Waals surface area contributed by atoms with E-state index in [1.165, 1.54) is 6.20 Å². The maximum Gasteiger partial charge on any atom is 0.338 e. The van der Waals surface area contributed by atoms with Gasteiger partial charge in [-0.25, -0.2) is 4.79 Å². The van der Waals surface area contributed by atoms with Gasteiger partial charge in [-0.3, -0.25) is 9.58 Å². The Morgan fingerprint density at radius 3 is 2.88 bits per heavy atom. The Kier molecular flexibility index (Phi) is 2.96. The molecule has 88 valence electrons. The van der Waals surface area contributed by atoms with Crippen molar-refractivity contribution >= 4 is 5.97 Å². The van der Waals surface area contributed by atoms with Crippen LogP contribution < -0.4 is 0 Å². The van der Waals surface area contributed by atoms with Crippen molar-refractivity contribution in [3.63, 3.8) is 0 Å². The first-order valence-electron chi connectivity index (χ1n) is 5.59. The molecular formula is C11H17N3O2. The number of nitrogens with zero attached hydrogens (tertiary/aromatic N) is 3. The summed E-state index contributed by atoms with van der Waals surface area (Å²) in [5.74, 6) is -0.912. The monoisotopic (exact) mass is 223 g/mol. The molecule has 0 spiro atoms. The first-order valence-corrected chi connectivity index (χ1v) is 5.59. The van der Waals surface area contributed by atoms with Crippen LogP contribution >= 0.6 is 0 Å². The molecule has 0 amide bonds. The Balaban J connectivity index is 2.06. The number of hydrogen-bond acceptors (Lipinski definition) is 3. The van der Waals surface area contributed by atoms with E-state index in [4.69, 9.17) is 5.11 Å². The van der Waals surface area contributed by atoms with E-state index in [2.05, 4.69) is 23.8 Å². The SMILES string of the molecule is CC(C)N1CCC(n2cc(C(=O)O)cn2)C1. The molecule has 1 aliphatic heterocycles. The standard InChI is InChI=1S/C11H17N3O2/c1-8(2)13-4-3-10(7-13)14-6-9(5-12-14)11(15)16/h5-6,8,10H,3-4,7H2,1-2H3,(H,15,16). The van der Waals surface area contributed by atoms with Crippen LogP contribution in [-0.2, 0) is 0 Å².